The fraction of sp³-hybridized carbons (Fsp3) is 0.600. The Morgan fingerprint density at radius 1 is 1.24 bits per heavy atom. The number of ether oxygens (including phenoxy) is 1. The summed E-state index contributed by atoms with van der Waals surface area (Å²) in [7, 11) is 0. The van der Waals surface area contributed by atoms with Crippen molar-refractivity contribution in [3.05, 3.63) is 35.9 Å². The Bertz CT molecular complexity index is 336. The van der Waals surface area contributed by atoms with E-state index in [1.807, 2.05) is 0 Å². The van der Waals surface area contributed by atoms with Gasteiger partial charge in [0.1, 0.15) is 6.23 Å². The van der Waals surface area contributed by atoms with E-state index in [0.29, 0.717) is 11.8 Å². The maximum Gasteiger partial charge on any atom is 0.109 e. The lowest BCUT2D eigenvalue weighted by molar-refractivity contribution is -0.0376. The molecule has 0 radical (unpaired) electrons. The van der Waals surface area contributed by atoms with Crippen LogP contribution in [0.2, 0.25) is 0 Å². The zero-order chi connectivity index (χ0) is 12.3. The van der Waals surface area contributed by atoms with Crippen molar-refractivity contribution in [2.24, 2.45) is 5.92 Å². The van der Waals surface area contributed by atoms with Crippen LogP contribution < -0.4 is 5.32 Å². The van der Waals surface area contributed by atoms with E-state index >= 15 is 0 Å². The van der Waals surface area contributed by atoms with E-state index in [4.69, 9.17) is 4.74 Å². The van der Waals surface area contributed by atoms with Crippen LogP contribution in [0.1, 0.15) is 38.7 Å². The largest absolute Gasteiger partial charge is 0.361 e. The minimum absolute atomic E-state index is 0.205. The molecule has 0 aromatic heterocycles. The second kappa shape index (κ2) is 5.65. The van der Waals surface area contributed by atoms with Crippen molar-refractivity contribution in [3.8, 4) is 0 Å². The average molecular weight is 233 g/mol. The van der Waals surface area contributed by atoms with Gasteiger partial charge in [-0.1, -0.05) is 37.3 Å². The van der Waals surface area contributed by atoms with Crippen LogP contribution in [0, 0.1) is 5.92 Å². The Kier molecular flexibility index (Phi) is 4.19. The topological polar surface area (TPSA) is 21.3 Å². The molecular weight excluding hydrogens is 210 g/mol. The molecule has 1 aliphatic heterocycles. The highest BCUT2D eigenvalue weighted by Crippen LogP contribution is 2.32. The first-order valence-electron chi connectivity index (χ1n) is 6.60. The molecule has 2 rings (SSSR count). The van der Waals surface area contributed by atoms with E-state index in [1.165, 1.54) is 5.56 Å². The molecule has 1 N–H and O–H groups in total. The Hall–Kier alpha value is -0.860. The van der Waals surface area contributed by atoms with Crippen LogP contribution in [0.3, 0.4) is 0 Å². The minimum Gasteiger partial charge on any atom is -0.361 e. The molecule has 1 aromatic rings. The summed E-state index contributed by atoms with van der Waals surface area (Å²) in [6, 6.07) is 10.8. The molecule has 94 valence electrons. The van der Waals surface area contributed by atoms with Crippen LogP contribution in [-0.4, -0.2) is 18.9 Å². The SMILES string of the molecule is CC(C)OC1CC(c2ccccc2)C(C)CN1. The van der Waals surface area contributed by atoms with Crippen molar-refractivity contribution in [3.63, 3.8) is 0 Å². The first kappa shape index (κ1) is 12.6. The van der Waals surface area contributed by atoms with Gasteiger partial charge in [0.25, 0.3) is 0 Å². The molecule has 1 fully saturated rings. The summed E-state index contributed by atoms with van der Waals surface area (Å²) in [6.45, 7) is 7.54. The Labute approximate surface area is 104 Å². The summed E-state index contributed by atoms with van der Waals surface area (Å²) in [5.41, 5.74) is 1.44. The van der Waals surface area contributed by atoms with Gasteiger partial charge >= 0.3 is 0 Å². The Morgan fingerprint density at radius 2 is 1.94 bits per heavy atom. The lowest BCUT2D eigenvalue weighted by Crippen LogP contribution is -2.44. The summed E-state index contributed by atoms with van der Waals surface area (Å²) in [5.74, 6) is 1.28. The minimum atomic E-state index is 0.205. The molecule has 0 spiro atoms. The number of hydrogen-bond donors (Lipinski definition) is 1. The van der Waals surface area contributed by atoms with E-state index < -0.39 is 0 Å². The van der Waals surface area contributed by atoms with Crippen LogP contribution >= 0.6 is 0 Å². The molecule has 0 bridgehead atoms. The highest BCUT2D eigenvalue weighted by molar-refractivity contribution is 5.21. The lowest BCUT2D eigenvalue weighted by atomic mass is 9.81. The normalized spacial score (nSPS) is 29.5. The first-order valence-corrected chi connectivity index (χ1v) is 6.60. The molecule has 1 aromatic carbocycles. The van der Waals surface area contributed by atoms with Crippen LogP contribution in [0.15, 0.2) is 30.3 Å². The summed E-state index contributed by atoms with van der Waals surface area (Å²) in [6.07, 6.45) is 1.57. The zero-order valence-electron chi connectivity index (χ0n) is 11.0. The smallest absolute Gasteiger partial charge is 0.109 e. The summed E-state index contributed by atoms with van der Waals surface area (Å²) >= 11 is 0. The van der Waals surface area contributed by atoms with Gasteiger partial charge in [-0.3, -0.25) is 5.32 Å². The van der Waals surface area contributed by atoms with Gasteiger partial charge in [0.2, 0.25) is 0 Å². The van der Waals surface area contributed by atoms with Crippen molar-refractivity contribution in [2.75, 3.05) is 6.54 Å². The van der Waals surface area contributed by atoms with E-state index in [9.17, 15) is 0 Å². The first-order chi connectivity index (χ1) is 8.16. The number of benzene rings is 1. The molecule has 1 aliphatic rings. The van der Waals surface area contributed by atoms with E-state index in [1.54, 1.807) is 0 Å². The van der Waals surface area contributed by atoms with Crippen LogP contribution in [0.4, 0.5) is 0 Å². The third-order valence-electron chi connectivity index (χ3n) is 3.49. The molecule has 2 nitrogen and oxygen atoms in total. The van der Waals surface area contributed by atoms with Crippen LogP contribution in [0.5, 0.6) is 0 Å². The molecule has 3 atom stereocenters. The standard InChI is InChI=1S/C15H23NO/c1-11(2)17-15-9-14(12(3)10-16-15)13-7-5-4-6-8-13/h4-8,11-12,14-16H,9-10H2,1-3H3. The lowest BCUT2D eigenvalue weighted by Gasteiger charge is -2.36. The van der Waals surface area contributed by atoms with Gasteiger partial charge in [0.05, 0.1) is 6.10 Å². The third kappa shape index (κ3) is 3.30. The van der Waals surface area contributed by atoms with Gasteiger partial charge in [-0.25, -0.2) is 0 Å². The summed E-state index contributed by atoms with van der Waals surface area (Å²) in [4.78, 5) is 0. The predicted molar refractivity (Wildman–Crippen MR) is 71.0 cm³/mol. The number of rotatable bonds is 3. The fourth-order valence-electron chi connectivity index (χ4n) is 2.60. The maximum atomic E-state index is 5.88. The van der Waals surface area contributed by atoms with Crippen molar-refractivity contribution in [1.29, 1.82) is 0 Å². The van der Waals surface area contributed by atoms with Gasteiger partial charge in [-0.05, 0) is 37.7 Å². The van der Waals surface area contributed by atoms with Gasteiger partial charge < -0.3 is 4.74 Å². The van der Waals surface area contributed by atoms with E-state index in [2.05, 4.69) is 56.4 Å². The summed E-state index contributed by atoms with van der Waals surface area (Å²) in [5, 5.41) is 3.48. The molecule has 1 heterocycles. The van der Waals surface area contributed by atoms with Gasteiger partial charge in [-0.2, -0.15) is 0 Å². The van der Waals surface area contributed by atoms with Crippen molar-refractivity contribution >= 4 is 0 Å². The second-order valence-corrected chi connectivity index (χ2v) is 5.31. The predicted octanol–water partition coefficient (Wildman–Crippen LogP) is 3.15. The molecule has 0 aliphatic carbocycles. The second-order valence-electron chi connectivity index (χ2n) is 5.31. The monoisotopic (exact) mass is 233 g/mol. The van der Waals surface area contributed by atoms with Crippen LogP contribution in [-0.2, 0) is 4.74 Å². The fourth-order valence-corrected chi connectivity index (χ4v) is 2.60. The molecule has 2 heteroatoms. The quantitative estimate of drug-likeness (QED) is 0.866. The number of hydrogen-bond acceptors (Lipinski definition) is 2. The van der Waals surface area contributed by atoms with Crippen molar-refractivity contribution < 1.29 is 4.74 Å². The van der Waals surface area contributed by atoms with E-state index in [-0.39, 0.29) is 12.3 Å². The molecule has 17 heavy (non-hydrogen) atoms. The zero-order valence-corrected chi connectivity index (χ0v) is 11.0. The van der Waals surface area contributed by atoms with Crippen molar-refractivity contribution in [2.45, 2.75) is 45.4 Å². The van der Waals surface area contributed by atoms with Crippen molar-refractivity contribution in [1.82, 2.24) is 5.32 Å². The third-order valence-corrected chi connectivity index (χ3v) is 3.49. The molecule has 1 saturated heterocycles. The molecule has 0 amide bonds. The average Bonchev–Trinajstić information content (AvgIpc) is 2.32. The number of piperidine rings is 1. The van der Waals surface area contributed by atoms with Crippen LogP contribution in [0.25, 0.3) is 0 Å². The molecular formula is C15H23NO. The maximum absolute atomic E-state index is 5.88. The van der Waals surface area contributed by atoms with Gasteiger partial charge in [0.15, 0.2) is 0 Å². The molecule has 0 saturated carbocycles. The Balaban J connectivity index is 2.05. The van der Waals surface area contributed by atoms with E-state index in [0.717, 1.165) is 13.0 Å². The highest BCUT2D eigenvalue weighted by Gasteiger charge is 2.29. The number of nitrogens with one attached hydrogen (secondary N) is 1. The van der Waals surface area contributed by atoms with Gasteiger partial charge in [-0.15, -0.1) is 0 Å². The molecule has 3 unspecified atom stereocenters. The Morgan fingerprint density at radius 3 is 2.59 bits per heavy atom. The highest BCUT2D eigenvalue weighted by atomic mass is 16.5. The van der Waals surface area contributed by atoms with Gasteiger partial charge in [0, 0.05) is 6.54 Å². The summed E-state index contributed by atoms with van der Waals surface area (Å²) < 4.78 is 5.88.